The molecule has 1 heterocycles. The number of nitrogens with two attached hydrogens (primary N) is 1. The summed E-state index contributed by atoms with van der Waals surface area (Å²) in [6, 6.07) is 7.51. The Bertz CT molecular complexity index is 535. The smallest absolute Gasteiger partial charge is 0.269 e. The third kappa shape index (κ3) is 2.72. The highest BCUT2D eigenvalue weighted by molar-refractivity contribution is 5.93. The first-order chi connectivity index (χ1) is 8.70. The van der Waals surface area contributed by atoms with Gasteiger partial charge in [-0.2, -0.15) is 5.10 Å². The van der Waals surface area contributed by atoms with Crippen LogP contribution in [0.2, 0.25) is 0 Å². The van der Waals surface area contributed by atoms with E-state index < -0.39 is 0 Å². The van der Waals surface area contributed by atoms with E-state index in [4.69, 9.17) is 5.73 Å². The highest BCUT2D eigenvalue weighted by atomic mass is 19.1. The minimum absolute atomic E-state index is 0.263. The van der Waals surface area contributed by atoms with Gasteiger partial charge in [0.15, 0.2) is 0 Å². The molecular weight excluding hydrogens is 235 g/mol. The summed E-state index contributed by atoms with van der Waals surface area (Å²) in [4.78, 5) is 11.6. The molecule has 0 aliphatic heterocycles. The lowest BCUT2D eigenvalue weighted by Crippen LogP contribution is -2.29. The number of aromatic amines is 1. The Balaban J connectivity index is 2.15. The highest BCUT2D eigenvalue weighted by Gasteiger charge is 2.10. The first-order valence-corrected chi connectivity index (χ1v) is 5.50. The lowest BCUT2D eigenvalue weighted by Gasteiger charge is -1.99. The zero-order valence-electron chi connectivity index (χ0n) is 9.61. The summed E-state index contributed by atoms with van der Waals surface area (Å²) in [6.07, 6.45) is 0. The van der Waals surface area contributed by atoms with E-state index in [0.29, 0.717) is 24.5 Å². The van der Waals surface area contributed by atoms with E-state index in [9.17, 15) is 9.18 Å². The van der Waals surface area contributed by atoms with Crippen molar-refractivity contribution in [2.75, 3.05) is 13.1 Å². The minimum Gasteiger partial charge on any atom is -0.349 e. The van der Waals surface area contributed by atoms with E-state index in [-0.39, 0.29) is 11.7 Å². The van der Waals surface area contributed by atoms with Crippen molar-refractivity contribution in [3.05, 3.63) is 41.8 Å². The number of nitrogens with one attached hydrogen (secondary N) is 2. The predicted molar refractivity (Wildman–Crippen MR) is 65.4 cm³/mol. The molecule has 94 valence electrons. The van der Waals surface area contributed by atoms with Crippen LogP contribution >= 0.6 is 0 Å². The number of hydrogen-bond acceptors (Lipinski definition) is 3. The van der Waals surface area contributed by atoms with Gasteiger partial charge in [0, 0.05) is 18.7 Å². The number of H-pyrrole nitrogens is 1. The summed E-state index contributed by atoms with van der Waals surface area (Å²) in [6.45, 7) is 0.786. The Morgan fingerprint density at radius 2 is 2.11 bits per heavy atom. The van der Waals surface area contributed by atoms with Crippen molar-refractivity contribution < 1.29 is 9.18 Å². The van der Waals surface area contributed by atoms with E-state index in [1.807, 2.05) is 0 Å². The van der Waals surface area contributed by atoms with Crippen molar-refractivity contribution in [2.45, 2.75) is 0 Å². The summed E-state index contributed by atoms with van der Waals surface area (Å²) in [5.41, 5.74) is 6.97. The van der Waals surface area contributed by atoms with Crippen LogP contribution in [0.5, 0.6) is 0 Å². The Labute approximate surface area is 103 Å². The van der Waals surface area contributed by atoms with Crippen molar-refractivity contribution in [1.29, 1.82) is 0 Å². The van der Waals surface area contributed by atoms with Crippen molar-refractivity contribution in [3.8, 4) is 11.3 Å². The summed E-state index contributed by atoms with van der Waals surface area (Å²) in [5, 5.41) is 9.26. The molecule has 2 aromatic rings. The van der Waals surface area contributed by atoms with Crippen LogP contribution in [0.25, 0.3) is 11.3 Å². The number of nitrogens with zero attached hydrogens (tertiary/aromatic N) is 1. The van der Waals surface area contributed by atoms with Crippen molar-refractivity contribution >= 4 is 5.91 Å². The van der Waals surface area contributed by atoms with Gasteiger partial charge in [0.05, 0.1) is 5.69 Å². The number of aromatic nitrogens is 2. The molecule has 5 nitrogen and oxygen atoms in total. The van der Waals surface area contributed by atoms with Gasteiger partial charge in [0.25, 0.3) is 5.91 Å². The Kier molecular flexibility index (Phi) is 3.69. The molecule has 0 fully saturated rings. The third-order valence-corrected chi connectivity index (χ3v) is 2.39. The van der Waals surface area contributed by atoms with Gasteiger partial charge in [0.1, 0.15) is 11.5 Å². The lowest BCUT2D eigenvalue weighted by molar-refractivity contribution is 0.0950. The summed E-state index contributed by atoms with van der Waals surface area (Å²) in [7, 11) is 0. The molecule has 0 atom stereocenters. The van der Waals surface area contributed by atoms with Crippen molar-refractivity contribution in [1.82, 2.24) is 15.5 Å². The number of rotatable bonds is 4. The maximum atomic E-state index is 12.8. The van der Waals surface area contributed by atoms with Crippen LogP contribution in [-0.2, 0) is 0 Å². The summed E-state index contributed by atoms with van der Waals surface area (Å²) >= 11 is 0. The monoisotopic (exact) mass is 248 g/mol. The fourth-order valence-electron chi connectivity index (χ4n) is 1.49. The van der Waals surface area contributed by atoms with Crippen LogP contribution in [0.4, 0.5) is 4.39 Å². The van der Waals surface area contributed by atoms with Crippen LogP contribution in [0.15, 0.2) is 30.3 Å². The second kappa shape index (κ2) is 5.42. The fraction of sp³-hybridized carbons (Fsp3) is 0.167. The molecule has 0 radical (unpaired) electrons. The Hall–Kier alpha value is -2.21. The Morgan fingerprint density at radius 1 is 1.39 bits per heavy atom. The van der Waals surface area contributed by atoms with Gasteiger partial charge in [-0.25, -0.2) is 4.39 Å². The summed E-state index contributed by atoms with van der Waals surface area (Å²) < 4.78 is 12.8. The standard InChI is InChI=1S/C12H13FN4O/c13-9-3-1-8(2-4-9)10-7-11(17-16-10)12(18)15-6-5-14/h1-4,7H,5-6,14H2,(H,15,18)(H,16,17). The zero-order chi connectivity index (χ0) is 13.0. The van der Waals surface area contributed by atoms with E-state index in [1.54, 1.807) is 18.2 Å². The maximum Gasteiger partial charge on any atom is 0.269 e. The topological polar surface area (TPSA) is 83.8 Å². The lowest BCUT2D eigenvalue weighted by atomic mass is 10.1. The quantitative estimate of drug-likeness (QED) is 0.751. The van der Waals surface area contributed by atoms with E-state index in [1.165, 1.54) is 12.1 Å². The van der Waals surface area contributed by atoms with Crippen LogP contribution in [0.3, 0.4) is 0 Å². The molecule has 2 rings (SSSR count). The molecule has 4 N–H and O–H groups in total. The number of benzene rings is 1. The summed E-state index contributed by atoms with van der Waals surface area (Å²) in [5.74, 6) is -0.573. The molecule has 0 spiro atoms. The number of halogens is 1. The van der Waals surface area contributed by atoms with Gasteiger partial charge in [-0.3, -0.25) is 9.89 Å². The number of carbonyl (C=O) groups excluding carboxylic acids is 1. The van der Waals surface area contributed by atoms with Gasteiger partial charge < -0.3 is 11.1 Å². The molecule has 18 heavy (non-hydrogen) atoms. The molecule has 0 saturated heterocycles. The zero-order valence-corrected chi connectivity index (χ0v) is 9.61. The van der Waals surface area contributed by atoms with Gasteiger partial charge in [-0.15, -0.1) is 0 Å². The maximum absolute atomic E-state index is 12.8. The molecular formula is C12H13FN4O. The Morgan fingerprint density at radius 3 is 2.78 bits per heavy atom. The predicted octanol–water partition coefficient (Wildman–Crippen LogP) is 0.904. The van der Waals surface area contributed by atoms with Gasteiger partial charge in [-0.1, -0.05) is 0 Å². The second-order valence-corrected chi connectivity index (χ2v) is 3.72. The number of amides is 1. The van der Waals surface area contributed by atoms with E-state index >= 15 is 0 Å². The molecule has 1 aromatic heterocycles. The molecule has 0 aliphatic carbocycles. The highest BCUT2D eigenvalue weighted by Crippen LogP contribution is 2.17. The van der Waals surface area contributed by atoms with Crippen LogP contribution in [0, 0.1) is 5.82 Å². The largest absolute Gasteiger partial charge is 0.349 e. The van der Waals surface area contributed by atoms with Gasteiger partial charge in [-0.05, 0) is 30.3 Å². The third-order valence-electron chi connectivity index (χ3n) is 2.39. The van der Waals surface area contributed by atoms with Gasteiger partial charge >= 0.3 is 0 Å². The molecule has 0 saturated carbocycles. The average Bonchev–Trinajstić information content (AvgIpc) is 2.86. The van der Waals surface area contributed by atoms with E-state index in [2.05, 4.69) is 15.5 Å². The number of carbonyl (C=O) groups is 1. The molecule has 0 unspecified atom stereocenters. The first-order valence-electron chi connectivity index (χ1n) is 5.50. The number of hydrogen-bond donors (Lipinski definition) is 3. The van der Waals surface area contributed by atoms with Crippen LogP contribution in [-0.4, -0.2) is 29.2 Å². The van der Waals surface area contributed by atoms with Crippen molar-refractivity contribution in [2.24, 2.45) is 5.73 Å². The fourth-order valence-corrected chi connectivity index (χ4v) is 1.49. The van der Waals surface area contributed by atoms with Crippen molar-refractivity contribution in [3.63, 3.8) is 0 Å². The minimum atomic E-state index is -0.310. The molecule has 6 heteroatoms. The second-order valence-electron chi connectivity index (χ2n) is 3.72. The first kappa shape index (κ1) is 12.3. The normalized spacial score (nSPS) is 10.3. The molecule has 0 bridgehead atoms. The molecule has 1 amide bonds. The van der Waals surface area contributed by atoms with E-state index in [0.717, 1.165) is 5.56 Å². The van der Waals surface area contributed by atoms with Gasteiger partial charge in [0.2, 0.25) is 0 Å². The molecule has 1 aromatic carbocycles. The van der Waals surface area contributed by atoms with Crippen LogP contribution < -0.4 is 11.1 Å². The SMILES string of the molecule is NCCNC(=O)c1cc(-c2ccc(F)cc2)n[nH]1. The van der Waals surface area contributed by atoms with Crippen LogP contribution in [0.1, 0.15) is 10.5 Å². The average molecular weight is 248 g/mol. The molecule has 0 aliphatic rings.